The highest BCUT2D eigenvalue weighted by molar-refractivity contribution is 6.39. The molecule has 4 heterocycles. The second-order valence-corrected chi connectivity index (χ2v) is 20.2. The maximum atomic E-state index is 14.6. The van der Waals surface area contributed by atoms with Gasteiger partial charge in [-0.15, -0.1) is 6.58 Å². The third-order valence-corrected chi connectivity index (χ3v) is 15.5. The van der Waals surface area contributed by atoms with E-state index in [0.717, 1.165) is 29.6 Å². The number of fused-ring (bicyclic) bond motifs is 4. The summed E-state index contributed by atoms with van der Waals surface area (Å²) in [6, 6.07) is 7.00. The van der Waals surface area contributed by atoms with Crippen LogP contribution >= 0.6 is 0 Å². The van der Waals surface area contributed by atoms with E-state index in [-0.39, 0.29) is 62.6 Å². The molecule has 15 heteroatoms. The van der Waals surface area contributed by atoms with Gasteiger partial charge in [0.25, 0.3) is 11.7 Å². The molecule has 1 saturated carbocycles. The van der Waals surface area contributed by atoms with Crippen molar-refractivity contribution in [1.29, 1.82) is 0 Å². The third-order valence-electron chi connectivity index (χ3n) is 15.5. The summed E-state index contributed by atoms with van der Waals surface area (Å²) < 4.78 is 39.1. The number of esters is 1. The van der Waals surface area contributed by atoms with E-state index >= 15 is 0 Å². The van der Waals surface area contributed by atoms with Crippen molar-refractivity contribution in [3.8, 4) is 5.75 Å². The number of piperidine rings is 1. The largest absolute Gasteiger partial charge is 0.488 e. The number of aromatic nitrogens is 1. The van der Waals surface area contributed by atoms with E-state index in [0.29, 0.717) is 36.8 Å². The topological polar surface area (TPSA) is 193 Å². The maximum Gasteiger partial charge on any atom is 0.329 e. The molecule has 1 aliphatic carbocycles. The zero-order chi connectivity index (χ0) is 50.3. The van der Waals surface area contributed by atoms with Crippen molar-refractivity contribution in [2.45, 2.75) is 173 Å². The lowest BCUT2D eigenvalue weighted by Crippen LogP contribution is -2.64. The number of rotatable bonds is 10. The number of methoxy groups -OCH3 is 3. The van der Waals surface area contributed by atoms with Gasteiger partial charge in [-0.1, -0.05) is 39.0 Å². The molecule has 15 unspecified atom stereocenters. The Morgan fingerprint density at radius 2 is 1.64 bits per heavy atom. The molecule has 1 amide bonds. The standard InChI is InChI=1S/C54H78N2O13/c1-11-15-38-25-31(3)48(59)32(4)26-46(65-9)50-47(66-10)27-34(6)54(63,69-50)51(60)52(61)56-22-14-13-16-41(56)53(62)68-49(35(7)42(57)30-43(38)58)33(5)24-36-17-20-44(45(28-36)64-8)67-39-18-19-40-37(29-39)21-23-55(40)12-2/h11,18-19,21,23-25,29,32,34-36,38,41-42,44-50,57,59,63H,1,12-17,20,22,26-28,30H2,2-10H3. The number of aliphatic hydroxyl groups is 3. The van der Waals surface area contributed by atoms with E-state index in [1.54, 1.807) is 40.0 Å². The van der Waals surface area contributed by atoms with Gasteiger partial charge >= 0.3 is 5.97 Å². The molecule has 6 rings (SSSR count). The number of aliphatic hydroxyl groups excluding tert-OH is 2. The Hall–Kier alpha value is -4.22. The molecule has 3 aliphatic heterocycles. The zero-order valence-electron chi connectivity index (χ0n) is 42.2. The predicted molar refractivity (Wildman–Crippen MR) is 260 cm³/mol. The molecule has 2 aromatic rings. The van der Waals surface area contributed by atoms with E-state index in [1.165, 1.54) is 19.1 Å². The van der Waals surface area contributed by atoms with Gasteiger partial charge in [0.1, 0.15) is 35.9 Å². The fraction of sp³-hybridized carbons (Fsp3) is 0.667. The smallest absolute Gasteiger partial charge is 0.329 e. The summed E-state index contributed by atoms with van der Waals surface area (Å²) in [4.78, 5) is 58.7. The number of benzene rings is 1. The number of aryl methyl sites for hydroxylation is 1. The van der Waals surface area contributed by atoms with Gasteiger partial charge in [-0.3, -0.25) is 14.4 Å². The van der Waals surface area contributed by atoms with Crippen molar-refractivity contribution in [1.82, 2.24) is 9.47 Å². The third kappa shape index (κ3) is 12.1. The number of nitrogens with zero attached hydrogens (tertiary/aromatic N) is 2. The number of Topliss-reactive ketones (excluding diaryl/α,β-unsaturated/α-hetero) is 2. The molecule has 1 aromatic heterocycles. The molecule has 69 heavy (non-hydrogen) atoms. The summed E-state index contributed by atoms with van der Waals surface area (Å²) in [5.41, 5.74) is 2.31. The lowest BCUT2D eigenvalue weighted by Gasteiger charge is -2.47. The summed E-state index contributed by atoms with van der Waals surface area (Å²) in [5.74, 6) is -8.07. The highest BCUT2D eigenvalue weighted by Crippen LogP contribution is 2.40. The molecule has 3 N–H and O–H groups in total. The van der Waals surface area contributed by atoms with Crippen LogP contribution in [0.2, 0.25) is 0 Å². The number of ether oxygens (including phenoxy) is 6. The van der Waals surface area contributed by atoms with Crippen molar-refractivity contribution in [3.05, 3.63) is 66.4 Å². The van der Waals surface area contributed by atoms with Crippen LogP contribution in [-0.2, 0) is 49.4 Å². The Bertz CT molecular complexity index is 2180. The van der Waals surface area contributed by atoms with Crippen molar-refractivity contribution in [3.63, 3.8) is 0 Å². The van der Waals surface area contributed by atoms with E-state index < -0.39 is 89.8 Å². The average molecular weight is 963 g/mol. The number of amides is 1. The van der Waals surface area contributed by atoms with E-state index in [9.17, 15) is 34.5 Å². The van der Waals surface area contributed by atoms with Crippen LogP contribution in [-0.4, -0.2) is 137 Å². The first-order chi connectivity index (χ1) is 32.9. The Balaban J connectivity index is 1.32. The Morgan fingerprint density at radius 1 is 0.928 bits per heavy atom. The van der Waals surface area contributed by atoms with Crippen LogP contribution < -0.4 is 4.74 Å². The first-order valence-corrected chi connectivity index (χ1v) is 25.1. The van der Waals surface area contributed by atoms with E-state index in [2.05, 4.69) is 36.4 Å². The van der Waals surface area contributed by atoms with Crippen molar-refractivity contribution >= 4 is 34.3 Å². The molecule has 4 aliphatic rings. The van der Waals surface area contributed by atoms with Gasteiger partial charge in [-0.2, -0.15) is 0 Å². The van der Waals surface area contributed by atoms with Crippen LogP contribution in [0.1, 0.15) is 106 Å². The minimum atomic E-state index is -2.59. The Kier molecular flexibility index (Phi) is 18.7. The van der Waals surface area contributed by atoms with Crippen LogP contribution in [0, 0.1) is 29.6 Å². The highest BCUT2D eigenvalue weighted by Gasteiger charge is 2.57. The minimum absolute atomic E-state index is 0.0209. The number of allylic oxidation sites excluding steroid dienone is 3. The molecule has 2 saturated heterocycles. The molecule has 2 bridgehead atoms. The number of carbonyl (C=O) groups excluding carboxylic acids is 4. The number of hydrogen-bond acceptors (Lipinski definition) is 13. The maximum absolute atomic E-state index is 14.6. The molecule has 1 aromatic carbocycles. The number of hydrogen-bond donors (Lipinski definition) is 3. The Morgan fingerprint density at radius 3 is 2.32 bits per heavy atom. The van der Waals surface area contributed by atoms with Gasteiger partial charge in [0.05, 0.1) is 30.5 Å². The van der Waals surface area contributed by atoms with Crippen LogP contribution in [0.4, 0.5) is 0 Å². The van der Waals surface area contributed by atoms with Crippen molar-refractivity contribution < 1.29 is 62.9 Å². The molecule has 0 spiro atoms. The molecule has 3 fully saturated rings. The normalized spacial score (nSPS) is 36.3. The Labute approximate surface area is 408 Å². The van der Waals surface area contributed by atoms with Crippen LogP contribution in [0.25, 0.3) is 10.9 Å². The first kappa shape index (κ1) is 54.1. The minimum Gasteiger partial charge on any atom is -0.488 e. The number of cyclic esters (lactones) is 1. The summed E-state index contributed by atoms with van der Waals surface area (Å²) in [6.07, 6.45) is 4.76. The monoisotopic (exact) mass is 963 g/mol. The van der Waals surface area contributed by atoms with Gasteiger partial charge in [0.15, 0.2) is 0 Å². The lowest BCUT2D eigenvalue weighted by atomic mass is 9.81. The molecule has 0 radical (unpaired) electrons. The first-order valence-electron chi connectivity index (χ1n) is 25.1. The fourth-order valence-electron chi connectivity index (χ4n) is 11.2. The predicted octanol–water partition coefficient (Wildman–Crippen LogP) is 6.67. The van der Waals surface area contributed by atoms with Crippen molar-refractivity contribution in [2.75, 3.05) is 27.9 Å². The second kappa shape index (κ2) is 23.8. The average Bonchev–Trinajstić information content (AvgIpc) is 3.76. The van der Waals surface area contributed by atoms with Gasteiger partial charge in [-0.05, 0) is 126 Å². The van der Waals surface area contributed by atoms with E-state index in [1.807, 2.05) is 32.1 Å². The fourth-order valence-corrected chi connectivity index (χ4v) is 11.2. The van der Waals surface area contributed by atoms with Gasteiger partial charge in [0.2, 0.25) is 5.79 Å². The van der Waals surface area contributed by atoms with Gasteiger partial charge < -0.3 is 53.2 Å². The summed E-state index contributed by atoms with van der Waals surface area (Å²) in [7, 11) is 4.61. The lowest BCUT2D eigenvalue weighted by molar-refractivity contribution is -0.302. The molecule has 382 valence electrons. The van der Waals surface area contributed by atoms with Crippen LogP contribution in [0.5, 0.6) is 5.75 Å². The molecular weight excluding hydrogens is 885 g/mol. The van der Waals surface area contributed by atoms with E-state index in [4.69, 9.17) is 28.4 Å². The summed E-state index contributed by atoms with van der Waals surface area (Å²) >= 11 is 0. The highest BCUT2D eigenvalue weighted by atomic mass is 16.7. The second-order valence-electron chi connectivity index (χ2n) is 20.2. The molecule has 15 atom stereocenters. The summed E-state index contributed by atoms with van der Waals surface area (Å²) in [5, 5.41) is 36.8. The quantitative estimate of drug-likeness (QED) is 0.130. The molecular formula is C54H78N2O13. The zero-order valence-corrected chi connectivity index (χ0v) is 42.2. The van der Waals surface area contributed by atoms with Crippen molar-refractivity contribution in [2.24, 2.45) is 29.6 Å². The SMILES string of the molecule is C=CCC1C=C(C)C(O)C(C)CC(OC)C2OC(O)(C(=O)C(=O)N3CCCCC3C(=O)OC(C(C)=CC3CCC(Oc4ccc5c(ccn5CC)c4)C(OC)C3)C(C)C(O)CC1=O)C(C)CC2OC. The number of ketones is 2. The van der Waals surface area contributed by atoms with Crippen LogP contribution in [0.15, 0.2) is 66.4 Å². The molecule has 15 nitrogen and oxygen atoms in total. The van der Waals surface area contributed by atoms with Gasteiger partial charge in [0, 0.05) is 75.7 Å². The van der Waals surface area contributed by atoms with Crippen LogP contribution in [0.3, 0.4) is 0 Å². The number of carbonyl (C=O) groups is 4. The van der Waals surface area contributed by atoms with Gasteiger partial charge in [-0.25, -0.2) is 4.79 Å². The summed E-state index contributed by atoms with van der Waals surface area (Å²) in [6.45, 7) is 15.6.